The van der Waals surface area contributed by atoms with Crippen LogP contribution >= 0.6 is 11.3 Å². The number of hydrogen-bond donors (Lipinski definition) is 1. The van der Waals surface area contributed by atoms with Crippen molar-refractivity contribution in [2.24, 2.45) is 0 Å². The molecule has 0 amide bonds. The zero-order valence-electron chi connectivity index (χ0n) is 9.49. The molecule has 0 saturated carbocycles. The third-order valence-electron chi connectivity index (χ3n) is 2.79. The van der Waals surface area contributed by atoms with Gasteiger partial charge in [-0.3, -0.25) is 4.79 Å². The van der Waals surface area contributed by atoms with Crippen LogP contribution in [0.4, 0.5) is 0 Å². The quantitative estimate of drug-likeness (QED) is 0.817. The largest absolute Gasteiger partial charge is 0.370 e. The molecule has 1 saturated heterocycles. The second-order valence-electron chi connectivity index (χ2n) is 4.13. The molecule has 1 aliphatic heterocycles. The topological polar surface area (TPSA) is 38.3 Å². The molecule has 0 aliphatic carbocycles. The first-order valence-electron chi connectivity index (χ1n) is 5.66. The van der Waals surface area contributed by atoms with Crippen molar-refractivity contribution in [3.63, 3.8) is 0 Å². The number of carbonyl (C=O) groups is 1. The maximum Gasteiger partial charge on any atom is 0.189 e. The van der Waals surface area contributed by atoms with Crippen molar-refractivity contribution < 1.29 is 9.53 Å². The molecule has 3 nitrogen and oxygen atoms in total. The van der Waals surface area contributed by atoms with E-state index in [4.69, 9.17) is 4.74 Å². The molecule has 0 atom stereocenters. The molecule has 88 valence electrons. The number of thiophene rings is 1. The minimum Gasteiger partial charge on any atom is -0.370 e. The third-order valence-corrected chi connectivity index (χ3v) is 3.65. The van der Waals surface area contributed by atoms with E-state index < -0.39 is 0 Å². The van der Waals surface area contributed by atoms with Crippen molar-refractivity contribution in [3.05, 3.63) is 21.9 Å². The van der Waals surface area contributed by atoms with E-state index in [1.807, 2.05) is 18.4 Å². The molecule has 0 bridgehead atoms. The van der Waals surface area contributed by atoms with Gasteiger partial charge in [-0.25, -0.2) is 0 Å². The van der Waals surface area contributed by atoms with Crippen molar-refractivity contribution in [2.75, 3.05) is 19.7 Å². The zero-order chi connectivity index (χ0) is 11.4. The highest BCUT2D eigenvalue weighted by atomic mass is 32.1. The molecule has 2 rings (SSSR count). The third kappa shape index (κ3) is 3.14. The van der Waals surface area contributed by atoms with Crippen LogP contribution in [0.2, 0.25) is 0 Å². The van der Waals surface area contributed by atoms with Crippen molar-refractivity contribution in [1.82, 2.24) is 5.32 Å². The number of carbonyl (C=O) groups excluding carboxylic acids is 1. The fourth-order valence-corrected chi connectivity index (χ4v) is 2.54. The number of piperidine rings is 1. The van der Waals surface area contributed by atoms with E-state index >= 15 is 0 Å². The molecule has 1 aromatic rings. The van der Waals surface area contributed by atoms with Crippen LogP contribution in [0.15, 0.2) is 11.4 Å². The maximum atomic E-state index is 11.8. The van der Waals surface area contributed by atoms with E-state index in [1.165, 1.54) is 4.88 Å². The number of rotatable bonds is 4. The first kappa shape index (κ1) is 11.8. The summed E-state index contributed by atoms with van der Waals surface area (Å²) >= 11 is 1.61. The Morgan fingerprint density at radius 3 is 2.94 bits per heavy atom. The van der Waals surface area contributed by atoms with Gasteiger partial charge in [0.2, 0.25) is 0 Å². The molecule has 2 heterocycles. The Morgan fingerprint density at radius 2 is 2.31 bits per heavy atom. The molecule has 1 fully saturated rings. The highest BCUT2D eigenvalue weighted by molar-refractivity contribution is 7.10. The lowest BCUT2D eigenvalue weighted by Crippen LogP contribution is -2.33. The summed E-state index contributed by atoms with van der Waals surface area (Å²) in [6, 6.07) is 1.93. The molecule has 1 aliphatic rings. The van der Waals surface area contributed by atoms with Crippen LogP contribution in [0, 0.1) is 6.92 Å². The predicted octanol–water partition coefficient (Wildman–Crippen LogP) is 2.01. The second-order valence-corrected chi connectivity index (χ2v) is 5.24. The summed E-state index contributed by atoms with van der Waals surface area (Å²) < 4.78 is 5.62. The Balaban J connectivity index is 1.79. The lowest BCUT2D eigenvalue weighted by atomic mass is 10.1. The van der Waals surface area contributed by atoms with Gasteiger partial charge < -0.3 is 10.1 Å². The average molecular weight is 239 g/mol. The highest BCUT2D eigenvalue weighted by Crippen LogP contribution is 2.14. The summed E-state index contributed by atoms with van der Waals surface area (Å²) in [7, 11) is 0. The molecule has 0 radical (unpaired) electrons. The first-order chi connectivity index (χ1) is 7.75. The maximum absolute atomic E-state index is 11.8. The Hall–Kier alpha value is -0.710. The van der Waals surface area contributed by atoms with Gasteiger partial charge in [0.15, 0.2) is 5.78 Å². The van der Waals surface area contributed by atoms with E-state index in [0.717, 1.165) is 31.5 Å². The first-order valence-corrected chi connectivity index (χ1v) is 6.54. The molecule has 0 unspecified atom stereocenters. The highest BCUT2D eigenvalue weighted by Gasteiger charge is 2.15. The van der Waals surface area contributed by atoms with Gasteiger partial charge >= 0.3 is 0 Å². The summed E-state index contributed by atoms with van der Waals surface area (Å²) in [4.78, 5) is 12.9. The van der Waals surface area contributed by atoms with Crippen LogP contribution in [0.5, 0.6) is 0 Å². The second kappa shape index (κ2) is 5.57. The number of ether oxygens (including phenoxy) is 1. The monoisotopic (exact) mass is 239 g/mol. The number of Topliss-reactive ketones (excluding diaryl/α,β-unsaturated/α-hetero) is 1. The number of hydrogen-bond acceptors (Lipinski definition) is 4. The smallest absolute Gasteiger partial charge is 0.189 e. The van der Waals surface area contributed by atoms with Gasteiger partial charge in [-0.15, -0.1) is 11.3 Å². The van der Waals surface area contributed by atoms with Crippen molar-refractivity contribution in [2.45, 2.75) is 25.9 Å². The minimum absolute atomic E-state index is 0.0999. The Kier molecular flexibility index (Phi) is 4.09. The van der Waals surface area contributed by atoms with Crippen LogP contribution in [-0.4, -0.2) is 31.6 Å². The normalized spacial score (nSPS) is 17.6. The molecular formula is C12H17NO2S. The summed E-state index contributed by atoms with van der Waals surface area (Å²) in [5.74, 6) is 0.0999. The standard InChI is InChI=1S/C12H17NO2S/c1-9-6-10(8-16-9)12(14)7-15-11-2-4-13-5-3-11/h6,8,11,13H,2-5,7H2,1H3. The lowest BCUT2D eigenvalue weighted by molar-refractivity contribution is 0.0318. The Bertz CT molecular complexity index is 356. The summed E-state index contributed by atoms with van der Waals surface area (Å²) in [6.45, 7) is 4.22. The van der Waals surface area contributed by atoms with Gasteiger partial charge in [-0.2, -0.15) is 0 Å². The summed E-state index contributed by atoms with van der Waals surface area (Å²) in [5, 5.41) is 5.18. The van der Waals surface area contributed by atoms with Gasteiger partial charge in [0.25, 0.3) is 0 Å². The van der Waals surface area contributed by atoms with Crippen LogP contribution in [0.3, 0.4) is 0 Å². The van der Waals surface area contributed by atoms with E-state index in [-0.39, 0.29) is 18.5 Å². The van der Waals surface area contributed by atoms with E-state index in [1.54, 1.807) is 11.3 Å². The van der Waals surface area contributed by atoms with Gasteiger partial charge in [0, 0.05) is 15.8 Å². The molecule has 0 spiro atoms. The van der Waals surface area contributed by atoms with Crippen molar-refractivity contribution >= 4 is 17.1 Å². The van der Waals surface area contributed by atoms with E-state index in [2.05, 4.69) is 5.32 Å². The number of aryl methyl sites for hydroxylation is 1. The van der Waals surface area contributed by atoms with Gasteiger partial charge in [0.1, 0.15) is 6.61 Å². The Labute approximate surface area is 99.8 Å². The average Bonchev–Trinajstić information content (AvgIpc) is 2.74. The van der Waals surface area contributed by atoms with E-state index in [9.17, 15) is 4.79 Å². The molecule has 16 heavy (non-hydrogen) atoms. The lowest BCUT2D eigenvalue weighted by Gasteiger charge is -2.22. The fourth-order valence-electron chi connectivity index (χ4n) is 1.83. The van der Waals surface area contributed by atoms with Crippen molar-refractivity contribution in [3.8, 4) is 0 Å². The van der Waals surface area contributed by atoms with E-state index in [0.29, 0.717) is 0 Å². The minimum atomic E-state index is 0.0999. The van der Waals surface area contributed by atoms with Gasteiger partial charge in [0.05, 0.1) is 6.10 Å². The number of ketones is 1. The molecule has 4 heteroatoms. The molecule has 0 aromatic carbocycles. The van der Waals surface area contributed by atoms with Crippen LogP contribution in [-0.2, 0) is 4.74 Å². The SMILES string of the molecule is Cc1cc(C(=O)COC2CCNCC2)cs1. The summed E-state index contributed by atoms with van der Waals surface area (Å²) in [5.41, 5.74) is 0.788. The molecule has 1 aromatic heterocycles. The van der Waals surface area contributed by atoms with Crippen LogP contribution in [0.1, 0.15) is 28.1 Å². The van der Waals surface area contributed by atoms with Crippen LogP contribution < -0.4 is 5.32 Å². The fraction of sp³-hybridized carbons (Fsp3) is 0.583. The predicted molar refractivity (Wildman–Crippen MR) is 65.2 cm³/mol. The van der Waals surface area contributed by atoms with Crippen LogP contribution in [0.25, 0.3) is 0 Å². The van der Waals surface area contributed by atoms with Gasteiger partial charge in [-0.05, 0) is 38.9 Å². The summed E-state index contributed by atoms with van der Waals surface area (Å²) in [6.07, 6.45) is 2.27. The zero-order valence-corrected chi connectivity index (χ0v) is 10.3. The number of nitrogens with one attached hydrogen (secondary N) is 1. The Morgan fingerprint density at radius 1 is 1.56 bits per heavy atom. The van der Waals surface area contributed by atoms with Gasteiger partial charge in [-0.1, -0.05) is 0 Å². The van der Waals surface area contributed by atoms with Crippen molar-refractivity contribution in [1.29, 1.82) is 0 Å². The molecular weight excluding hydrogens is 222 g/mol. The molecule has 1 N–H and O–H groups in total.